The van der Waals surface area contributed by atoms with E-state index in [0.717, 1.165) is 5.56 Å². The molecule has 12 heteroatoms. The minimum absolute atomic E-state index is 0.149. The molecule has 0 spiro atoms. The van der Waals surface area contributed by atoms with Gasteiger partial charge >= 0.3 is 6.18 Å². The molecule has 3 rings (SSSR count). The molecule has 0 unspecified atom stereocenters. The first-order valence-electron chi connectivity index (χ1n) is 10.0. The number of aromatic nitrogens is 2. The maximum Gasteiger partial charge on any atom is 0.421 e. The second-order valence-corrected chi connectivity index (χ2v) is 8.81. The Morgan fingerprint density at radius 2 is 1.74 bits per heavy atom. The Morgan fingerprint density at radius 1 is 1.03 bits per heavy atom. The van der Waals surface area contributed by atoms with E-state index in [1.807, 2.05) is 0 Å². The smallest absolute Gasteiger partial charge is 0.366 e. The minimum atomic E-state index is -4.76. The lowest BCUT2D eigenvalue weighted by molar-refractivity contribution is -0.137. The highest BCUT2D eigenvalue weighted by molar-refractivity contribution is 14.1. The maximum absolute atomic E-state index is 13.7. The first kappa shape index (κ1) is 25.9. The molecule has 0 fully saturated rings. The predicted molar refractivity (Wildman–Crippen MR) is 136 cm³/mol. The van der Waals surface area contributed by atoms with Crippen LogP contribution in [0.4, 0.5) is 42.0 Å². The highest BCUT2D eigenvalue weighted by atomic mass is 127. The third kappa shape index (κ3) is 6.47. The summed E-state index contributed by atoms with van der Waals surface area (Å²) in [5.74, 6) is -1.84. The predicted octanol–water partition coefficient (Wildman–Crippen LogP) is 5.59. The molecule has 3 aromatic rings. The number of halogens is 4. The summed E-state index contributed by atoms with van der Waals surface area (Å²) in [6.07, 6.45) is -4.11. The number of nitrogens with one attached hydrogen (secondary N) is 3. The first-order valence-corrected chi connectivity index (χ1v) is 11.1. The fourth-order valence-corrected chi connectivity index (χ4v) is 3.10. The molecule has 0 bridgehead atoms. The van der Waals surface area contributed by atoms with Crippen molar-refractivity contribution in [3.63, 3.8) is 0 Å². The molecule has 0 saturated carbocycles. The number of amides is 2. The number of carbonyl (C=O) groups is 2. The molecular formula is C23H20F3IN6O2. The summed E-state index contributed by atoms with van der Waals surface area (Å²) in [5.41, 5.74) is 6.71. The first-order chi connectivity index (χ1) is 16.3. The van der Waals surface area contributed by atoms with Crippen molar-refractivity contribution in [3.8, 4) is 0 Å². The number of hydrogen-bond donors (Lipinski definition) is 4. The Bertz CT molecular complexity index is 1330. The van der Waals surface area contributed by atoms with E-state index in [0.29, 0.717) is 17.4 Å². The van der Waals surface area contributed by atoms with E-state index in [9.17, 15) is 22.8 Å². The van der Waals surface area contributed by atoms with Gasteiger partial charge in [0.25, 0.3) is 5.91 Å². The van der Waals surface area contributed by atoms with Crippen LogP contribution in [0.2, 0.25) is 0 Å². The van der Waals surface area contributed by atoms with Gasteiger partial charge in [-0.05, 0) is 71.8 Å². The molecule has 0 atom stereocenters. The molecule has 0 saturated heterocycles. The number of anilines is 5. The van der Waals surface area contributed by atoms with Gasteiger partial charge < -0.3 is 21.7 Å². The molecular weight excluding hydrogens is 576 g/mol. The Morgan fingerprint density at radius 3 is 2.37 bits per heavy atom. The zero-order chi connectivity index (χ0) is 25.9. The second kappa shape index (κ2) is 10.3. The third-order valence-electron chi connectivity index (χ3n) is 4.79. The van der Waals surface area contributed by atoms with Gasteiger partial charge in [0.05, 0.1) is 15.0 Å². The van der Waals surface area contributed by atoms with E-state index >= 15 is 0 Å². The number of nitrogens with two attached hydrogens (primary N) is 1. The van der Waals surface area contributed by atoms with Crippen LogP contribution < -0.4 is 21.7 Å². The van der Waals surface area contributed by atoms with Crippen molar-refractivity contribution in [3.05, 3.63) is 75.0 Å². The number of hydrogen-bond acceptors (Lipinski definition) is 6. The lowest BCUT2D eigenvalue weighted by Gasteiger charge is -2.18. The van der Waals surface area contributed by atoms with E-state index in [-0.39, 0.29) is 26.5 Å². The van der Waals surface area contributed by atoms with Crippen molar-refractivity contribution in [2.75, 3.05) is 16.0 Å². The molecule has 5 N–H and O–H groups in total. The van der Waals surface area contributed by atoms with E-state index in [1.165, 1.54) is 18.2 Å². The number of primary amides is 1. The van der Waals surface area contributed by atoms with Crippen LogP contribution in [0.15, 0.2) is 52.8 Å². The molecule has 35 heavy (non-hydrogen) atoms. The molecule has 1 heterocycles. The van der Waals surface area contributed by atoms with E-state index in [1.54, 1.807) is 54.6 Å². The SMILES string of the molecule is C=C(I)C(=O)Nc1cc(C)ccc1Nc1nc(Nc2cc(C(N)=O)ccc2C)ncc1C(F)(F)F. The molecule has 0 aliphatic heterocycles. The fourth-order valence-electron chi connectivity index (χ4n) is 2.96. The zero-order valence-electron chi connectivity index (χ0n) is 18.5. The number of alkyl halides is 3. The summed E-state index contributed by atoms with van der Waals surface area (Å²) >= 11 is 1.75. The molecule has 2 aromatic carbocycles. The average molecular weight is 596 g/mol. The summed E-state index contributed by atoms with van der Waals surface area (Å²) in [7, 11) is 0. The van der Waals surface area contributed by atoms with Gasteiger partial charge in [-0.1, -0.05) is 18.7 Å². The summed E-state index contributed by atoms with van der Waals surface area (Å²) in [5, 5.41) is 8.10. The topological polar surface area (TPSA) is 122 Å². The monoisotopic (exact) mass is 596 g/mol. The van der Waals surface area contributed by atoms with Crippen molar-refractivity contribution < 1.29 is 22.8 Å². The van der Waals surface area contributed by atoms with E-state index in [4.69, 9.17) is 5.73 Å². The molecule has 8 nitrogen and oxygen atoms in total. The number of rotatable bonds is 7. The lowest BCUT2D eigenvalue weighted by atomic mass is 10.1. The summed E-state index contributed by atoms with van der Waals surface area (Å²) in [4.78, 5) is 31.4. The van der Waals surface area contributed by atoms with Crippen LogP contribution in [-0.4, -0.2) is 21.8 Å². The third-order valence-corrected chi connectivity index (χ3v) is 5.28. The van der Waals surface area contributed by atoms with Gasteiger partial charge in [-0.15, -0.1) is 0 Å². The number of aryl methyl sites for hydroxylation is 2. The molecule has 1 aromatic heterocycles. The summed E-state index contributed by atoms with van der Waals surface area (Å²) < 4.78 is 41.4. The van der Waals surface area contributed by atoms with Gasteiger partial charge in [0.15, 0.2) is 0 Å². The molecule has 0 aliphatic rings. The van der Waals surface area contributed by atoms with Crippen molar-refractivity contribution >= 4 is 63.2 Å². The van der Waals surface area contributed by atoms with Crippen LogP contribution in [0.5, 0.6) is 0 Å². The van der Waals surface area contributed by atoms with Gasteiger partial charge in [-0.2, -0.15) is 18.2 Å². The normalized spacial score (nSPS) is 11.0. The second-order valence-electron chi connectivity index (χ2n) is 7.51. The van der Waals surface area contributed by atoms with Crippen LogP contribution in [0.1, 0.15) is 27.0 Å². The van der Waals surface area contributed by atoms with Crippen LogP contribution >= 0.6 is 22.6 Å². The fraction of sp³-hybridized carbons (Fsp3) is 0.130. The largest absolute Gasteiger partial charge is 0.421 e. The quantitative estimate of drug-likeness (QED) is 0.209. The Balaban J connectivity index is 2.03. The van der Waals surface area contributed by atoms with Crippen LogP contribution in [0.3, 0.4) is 0 Å². The van der Waals surface area contributed by atoms with Gasteiger partial charge in [-0.25, -0.2) is 4.98 Å². The van der Waals surface area contributed by atoms with Crippen molar-refractivity contribution in [1.82, 2.24) is 9.97 Å². The highest BCUT2D eigenvalue weighted by Gasteiger charge is 2.35. The number of carbonyl (C=O) groups excluding carboxylic acids is 2. The van der Waals surface area contributed by atoms with Crippen molar-refractivity contribution in [2.24, 2.45) is 5.73 Å². The van der Waals surface area contributed by atoms with Crippen molar-refractivity contribution in [1.29, 1.82) is 0 Å². The Kier molecular flexibility index (Phi) is 7.63. The lowest BCUT2D eigenvalue weighted by Crippen LogP contribution is -2.15. The zero-order valence-corrected chi connectivity index (χ0v) is 20.7. The number of benzene rings is 2. The maximum atomic E-state index is 13.7. The van der Waals surface area contributed by atoms with Crippen LogP contribution in [0.25, 0.3) is 0 Å². The molecule has 182 valence electrons. The van der Waals surface area contributed by atoms with Gasteiger partial charge in [0, 0.05) is 17.4 Å². The average Bonchev–Trinajstić information content (AvgIpc) is 2.76. The van der Waals surface area contributed by atoms with E-state index in [2.05, 4.69) is 32.5 Å². The standard InChI is InChI=1S/C23H20F3IN6O2/c1-11-4-7-16(18(8-11)31-21(35)13(3)27)30-20-15(23(24,25)26)10-29-22(33-20)32-17-9-14(19(28)34)6-5-12(17)2/h4-10H,3H2,1-2H3,(H2,28,34)(H,31,35)(H2,29,30,32,33). The summed E-state index contributed by atoms with van der Waals surface area (Å²) in [6.45, 7) is 7.06. The van der Waals surface area contributed by atoms with Gasteiger partial charge in [-0.3, -0.25) is 9.59 Å². The Labute approximate surface area is 212 Å². The molecule has 0 radical (unpaired) electrons. The van der Waals surface area contributed by atoms with Crippen LogP contribution in [0, 0.1) is 13.8 Å². The summed E-state index contributed by atoms with van der Waals surface area (Å²) in [6, 6.07) is 9.41. The Hall–Kier alpha value is -3.68. The molecule has 2 amide bonds. The van der Waals surface area contributed by atoms with Gasteiger partial charge in [0.2, 0.25) is 11.9 Å². The minimum Gasteiger partial charge on any atom is -0.366 e. The molecule has 0 aliphatic carbocycles. The van der Waals surface area contributed by atoms with Crippen LogP contribution in [-0.2, 0) is 11.0 Å². The van der Waals surface area contributed by atoms with Gasteiger partial charge in [0.1, 0.15) is 11.4 Å². The van der Waals surface area contributed by atoms with Crippen molar-refractivity contribution in [2.45, 2.75) is 20.0 Å². The highest BCUT2D eigenvalue weighted by Crippen LogP contribution is 2.37. The van der Waals surface area contributed by atoms with E-state index < -0.39 is 29.4 Å². The number of nitrogens with zero attached hydrogens (tertiary/aromatic N) is 2.